The summed E-state index contributed by atoms with van der Waals surface area (Å²) in [5.41, 5.74) is 3.12. The van der Waals surface area contributed by atoms with Crippen LogP contribution in [0.3, 0.4) is 0 Å². The summed E-state index contributed by atoms with van der Waals surface area (Å²) in [6.45, 7) is 0. The van der Waals surface area contributed by atoms with Crippen molar-refractivity contribution >= 4 is 11.6 Å². The van der Waals surface area contributed by atoms with Crippen LogP contribution >= 0.6 is 0 Å². The highest BCUT2D eigenvalue weighted by atomic mass is 16.5. The van der Waals surface area contributed by atoms with Crippen LogP contribution in [-0.2, 0) is 12.8 Å². The molecule has 1 amide bonds. The molecule has 0 aliphatic heterocycles. The normalized spacial score (nSPS) is 12.9. The van der Waals surface area contributed by atoms with Crippen molar-refractivity contribution in [2.75, 3.05) is 19.5 Å². The van der Waals surface area contributed by atoms with Crippen molar-refractivity contribution in [1.29, 1.82) is 0 Å². The van der Waals surface area contributed by atoms with E-state index in [1.807, 2.05) is 0 Å². The first-order chi connectivity index (χ1) is 10.2. The molecule has 0 bridgehead atoms. The second kappa shape index (κ2) is 5.47. The third kappa shape index (κ3) is 2.44. The second-order valence-electron chi connectivity index (χ2n) is 4.90. The first kappa shape index (κ1) is 13.5. The summed E-state index contributed by atoms with van der Waals surface area (Å²) in [6.07, 6.45) is 2.91. The molecule has 6 nitrogen and oxygen atoms in total. The number of H-pyrrole nitrogens is 1. The Bertz CT molecular complexity index is 679. The molecule has 2 N–H and O–H groups in total. The van der Waals surface area contributed by atoms with Gasteiger partial charge in [0.05, 0.1) is 19.9 Å². The maximum atomic E-state index is 12.4. The highest BCUT2D eigenvalue weighted by molar-refractivity contribution is 6.05. The van der Waals surface area contributed by atoms with Crippen LogP contribution in [0, 0.1) is 0 Å². The Labute approximate surface area is 122 Å². The summed E-state index contributed by atoms with van der Waals surface area (Å²) < 4.78 is 10.4. The molecule has 3 rings (SSSR count). The predicted octanol–water partition coefficient (Wildman–Crippen LogP) is 2.17. The molecule has 0 spiro atoms. The third-order valence-electron chi connectivity index (χ3n) is 3.68. The van der Waals surface area contributed by atoms with Gasteiger partial charge in [-0.1, -0.05) is 0 Å². The number of hydrogen-bond donors (Lipinski definition) is 2. The molecule has 0 unspecified atom stereocenters. The molecule has 1 aliphatic rings. The van der Waals surface area contributed by atoms with Crippen LogP contribution in [0.4, 0.5) is 5.69 Å². The van der Waals surface area contributed by atoms with Crippen LogP contribution in [0.1, 0.15) is 28.2 Å². The van der Waals surface area contributed by atoms with Crippen molar-refractivity contribution in [1.82, 2.24) is 10.2 Å². The molecule has 110 valence electrons. The Hall–Kier alpha value is -2.50. The number of carbonyl (C=O) groups is 1. The minimum atomic E-state index is -0.235. The number of fused-ring (bicyclic) bond motifs is 1. The monoisotopic (exact) mass is 287 g/mol. The number of hydrogen-bond acceptors (Lipinski definition) is 4. The highest BCUT2D eigenvalue weighted by Gasteiger charge is 2.23. The smallest absolute Gasteiger partial charge is 0.276 e. The molecule has 0 fully saturated rings. The van der Waals surface area contributed by atoms with Gasteiger partial charge in [-0.15, -0.1) is 0 Å². The Balaban J connectivity index is 1.87. The largest absolute Gasteiger partial charge is 0.497 e. The molecule has 1 aromatic carbocycles. The van der Waals surface area contributed by atoms with Crippen molar-refractivity contribution in [3.05, 3.63) is 35.2 Å². The molecule has 1 heterocycles. The Morgan fingerprint density at radius 3 is 2.90 bits per heavy atom. The molecule has 0 saturated heterocycles. The molecule has 0 radical (unpaired) electrons. The number of carbonyl (C=O) groups excluding carboxylic acids is 1. The number of nitrogens with one attached hydrogen (secondary N) is 2. The number of amides is 1. The molecule has 1 aromatic heterocycles. The first-order valence-corrected chi connectivity index (χ1v) is 6.82. The number of methoxy groups -OCH3 is 2. The number of anilines is 1. The van der Waals surface area contributed by atoms with Crippen LogP contribution < -0.4 is 14.8 Å². The highest BCUT2D eigenvalue weighted by Crippen LogP contribution is 2.30. The lowest BCUT2D eigenvalue weighted by atomic mass is 10.2. The maximum Gasteiger partial charge on any atom is 0.276 e. The van der Waals surface area contributed by atoms with Gasteiger partial charge in [0.2, 0.25) is 0 Å². The van der Waals surface area contributed by atoms with E-state index < -0.39 is 0 Å². The van der Waals surface area contributed by atoms with E-state index in [0.29, 0.717) is 22.9 Å². The predicted molar refractivity (Wildman–Crippen MR) is 78.1 cm³/mol. The van der Waals surface area contributed by atoms with E-state index in [1.54, 1.807) is 32.4 Å². The Morgan fingerprint density at radius 2 is 2.14 bits per heavy atom. The lowest BCUT2D eigenvalue weighted by Crippen LogP contribution is -2.15. The molecule has 6 heteroatoms. The van der Waals surface area contributed by atoms with E-state index in [0.717, 1.165) is 30.5 Å². The Kier molecular flexibility index (Phi) is 3.51. The number of aryl methyl sites for hydroxylation is 1. The van der Waals surface area contributed by atoms with E-state index in [1.165, 1.54) is 0 Å². The van der Waals surface area contributed by atoms with Crippen LogP contribution in [0.2, 0.25) is 0 Å². The second-order valence-corrected chi connectivity index (χ2v) is 4.90. The van der Waals surface area contributed by atoms with Crippen molar-refractivity contribution < 1.29 is 14.3 Å². The van der Waals surface area contributed by atoms with Gasteiger partial charge in [-0.3, -0.25) is 9.89 Å². The number of aromatic nitrogens is 2. The van der Waals surface area contributed by atoms with Crippen LogP contribution in [0.5, 0.6) is 11.5 Å². The van der Waals surface area contributed by atoms with Gasteiger partial charge in [-0.2, -0.15) is 5.10 Å². The van der Waals surface area contributed by atoms with Crippen molar-refractivity contribution in [3.8, 4) is 11.5 Å². The van der Waals surface area contributed by atoms with Gasteiger partial charge in [-0.05, 0) is 31.4 Å². The van der Waals surface area contributed by atoms with E-state index >= 15 is 0 Å². The van der Waals surface area contributed by atoms with E-state index in [9.17, 15) is 4.79 Å². The van der Waals surface area contributed by atoms with E-state index in [-0.39, 0.29) is 5.91 Å². The summed E-state index contributed by atoms with van der Waals surface area (Å²) in [7, 11) is 3.14. The summed E-state index contributed by atoms with van der Waals surface area (Å²) in [4.78, 5) is 12.4. The van der Waals surface area contributed by atoms with E-state index in [4.69, 9.17) is 9.47 Å². The number of rotatable bonds is 4. The first-order valence-electron chi connectivity index (χ1n) is 6.82. The topological polar surface area (TPSA) is 76.2 Å². The number of nitrogens with zero attached hydrogens (tertiary/aromatic N) is 1. The zero-order valence-electron chi connectivity index (χ0n) is 12.0. The zero-order valence-corrected chi connectivity index (χ0v) is 12.0. The van der Waals surface area contributed by atoms with Gasteiger partial charge in [0, 0.05) is 17.3 Å². The van der Waals surface area contributed by atoms with E-state index in [2.05, 4.69) is 15.5 Å². The quantitative estimate of drug-likeness (QED) is 0.903. The fraction of sp³-hybridized carbons (Fsp3) is 0.333. The number of ether oxygens (including phenoxy) is 2. The van der Waals surface area contributed by atoms with Gasteiger partial charge >= 0.3 is 0 Å². The SMILES string of the molecule is COc1ccc(OC)c(NC(=O)c2n[nH]c3c2CCC3)c1. The lowest BCUT2D eigenvalue weighted by molar-refractivity contribution is 0.102. The average Bonchev–Trinajstić information content (AvgIpc) is 3.09. The minimum absolute atomic E-state index is 0.235. The summed E-state index contributed by atoms with van der Waals surface area (Å²) >= 11 is 0. The van der Waals surface area contributed by atoms with Crippen molar-refractivity contribution in [3.63, 3.8) is 0 Å². The van der Waals surface area contributed by atoms with Crippen LogP contribution in [0.15, 0.2) is 18.2 Å². The molecular weight excluding hydrogens is 270 g/mol. The maximum absolute atomic E-state index is 12.4. The van der Waals surface area contributed by atoms with Crippen molar-refractivity contribution in [2.24, 2.45) is 0 Å². The van der Waals surface area contributed by atoms with Gasteiger partial charge in [0.25, 0.3) is 5.91 Å². The lowest BCUT2D eigenvalue weighted by Gasteiger charge is -2.11. The standard InChI is InChI=1S/C15H17N3O3/c1-20-9-6-7-13(21-2)12(8-9)16-15(19)14-10-4-3-5-11(10)17-18-14/h6-8H,3-5H2,1-2H3,(H,16,19)(H,17,18). The molecule has 21 heavy (non-hydrogen) atoms. The molecule has 0 saturated carbocycles. The fourth-order valence-electron chi connectivity index (χ4n) is 2.60. The van der Waals surface area contributed by atoms with Gasteiger partial charge in [0.1, 0.15) is 11.5 Å². The summed E-state index contributed by atoms with van der Waals surface area (Å²) in [5, 5.41) is 9.90. The number of benzene rings is 1. The average molecular weight is 287 g/mol. The minimum Gasteiger partial charge on any atom is -0.497 e. The van der Waals surface area contributed by atoms with Crippen molar-refractivity contribution in [2.45, 2.75) is 19.3 Å². The Morgan fingerprint density at radius 1 is 1.29 bits per heavy atom. The van der Waals surface area contributed by atoms with Gasteiger partial charge < -0.3 is 14.8 Å². The molecule has 2 aromatic rings. The van der Waals surface area contributed by atoms with Crippen LogP contribution in [-0.4, -0.2) is 30.3 Å². The van der Waals surface area contributed by atoms with Gasteiger partial charge in [0.15, 0.2) is 5.69 Å². The summed E-state index contributed by atoms with van der Waals surface area (Å²) in [5.74, 6) is 0.996. The molecular formula is C15H17N3O3. The van der Waals surface area contributed by atoms with Gasteiger partial charge in [-0.25, -0.2) is 0 Å². The molecule has 1 aliphatic carbocycles. The third-order valence-corrected chi connectivity index (χ3v) is 3.68. The van der Waals surface area contributed by atoms with Crippen LogP contribution in [0.25, 0.3) is 0 Å². The summed E-state index contributed by atoms with van der Waals surface area (Å²) in [6, 6.07) is 5.26. The fourth-order valence-corrected chi connectivity index (χ4v) is 2.60. The number of aromatic amines is 1. The zero-order chi connectivity index (χ0) is 14.8. The molecule has 0 atom stereocenters.